The summed E-state index contributed by atoms with van der Waals surface area (Å²) >= 11 is 0. The highest BCUT2D eigenvalue weighted by Gasteiger charge is 2.32. The van der Waals surface area contributed by atoms with Gasteiger partial charge >= 0.3 is 0 Å². The van der Waals surface area contributed by atoms with Crippen LogP contribution in [-0.4, -0.2) is 25.2 Å². The van der Waals surface area contributed by atoms with Gasteiger partial charge in [0.05, 0.1) is 11.3 Å². The Morgan fingerprint density at radius 2 is 2.15 bits per heavy atom. The van der Waals surface area contributed by atoms with E-state index >= 15 is 0 Å². The first-order valence-corrected chi connectivity index (χ1v) is 7.47. The predicted molar refractivity (Wildman–Crippen MR) is 77.1 cm³/mol. The van der Waals surface area contributed by atoms with Gasteiger partial charge in [0.2, 0.25) is 0 Å². The second kappa shape index (κ2) is 5.80. The summed E-state index contributed by atoms with van der Waals surface area (Å²) in [5.74, 6) is -0.336. The molecular formula is C16H20FN3. The third kappa shape index (κ3) is 2.94. The molecule has 1 N–H and O–H groups in total. The fourth-order valence-electron chi connectivity index (χ4n) is 3.00. The topological polar surface area (TPSA) is 39.1 Å². The van der Waals surface area contributed by atoms with Crippen LogP contribution in [0.4, 0.5) is 10.1 Å². The summed E-state index contributed by atoms with van der Waals surface area (Å²) in [6.07, 6.45) is 6.06. The maximum Gasteiger partial charge on any atom is 0.124 e. The molecule has 1 heterocycles. The smallest absolute Gasteiger partial charge is 0.124 e. The van der Waals surface area contributed by atoms with E-state index in [1.165, 1.54) is 44.2 Å². The van der Waals surface area contributed by atoms with Gasteiger partial charge in [-0.05, 0) is 50.4 Å². The zero-order valence-electron chi connectivity index (χ0n) is 11.6. The lowest BCUT2D eigenvalue weighted by atomic mass is 10.0. The van der Waals surface area contributed by atoms with Crippen molar-refractivity contribution in [1.29, 1.82) is 5.26 Å². The SMILES string of the molecule is N#Cc1cc(F)ccc1N(CC1CCCCN1)C1CC1. The van der Waals surface area contributed by atoms with E-state index < -0.39 is 0 Å². The van der Waals surface area contributed by atoms with E-state index in [-0.39, 0.29) is 5.82 Å². The summed E-state index contributed by atoms with van der Waals surface area (Å²) in [4.78, 5) is 2.31. The number of anilines is 1. The van der Waals surface area contributed by atoms with Crippen molar-refractivity contribution in [3.8, 4) is 6.07 Å². The third-order valence-electron chi connectivity index (χ3n) is 4.21. The zero-order valence-corrected chi connectivity index (χ0v) is 11.6. The van der Waals surface area contributed by atoms with Crippen LogP contribution in [0.25, 0.3) is 0 Å². The number of rotatable bonds is 4. The van der Waals surface area contributed by atoms with Gasteiger partial charge in [0.25, 0.3) is 0 Å². The molecule has 0 aromatic heterocycles. The zero-order chi connectivity index (χ0) is 13.9. The molecule has 3 rings (SSSR count). The fourth-order valence-corrected chi connectivity index (χ4v) is 3.00. The molecule has 0 amide bonds. The van der Waals surface area contributed by atoms with Gasteiger partial charge in [-0.25, -0.2) is 4.39 Å². The van der Waals surface area contributed by atoms with Gasteiger partial charge in [-0.2, -0.15) is 5.26 Å². The number of benzene rings is 1. The van der Waals surface area contributed by atoms with Crippen molar-refractivity contribution in [2.45, 2.75) is 44.2 Å². The largest absolute Gasteiger partial charge is 0.366 e. The summed E-state index contributed by atoms with van der Waals surface area (Å²) < 4.78 is 13.3. The van der Waals surface area contributed by atoms with Gasteiger partial charge in [-0.3, -0.25) is 0 Å². The molecule has 1 unspecified atom stereocenters. The minimum absolute atomic E-state index is 0.336. The number of nitrogens with one attached hydrogen (secondary N) is 1. The number of hydrogen-bond donors (Lipinski definition) is 1. The summed E-state index contributed by atoms with van der Waals surface area (Å²) in [6.45, 7) is 2.00. The van der Waals surface area contributed by atoms with E-state index in [1.54, 1.807) is 6.07 Å². The van der Waals surface area contributed by atoms with E-state index in [0.717, 1.165) is 18.8 Å². The fraction of sp³-hybridized carbons (Fsp3) is 0.562. The predicted octanol–water partition coefficient (Wildman–Crippen LogP) is 2.81. The number of nitrogens with zero attached hydrogens (tertiary/aromatic N) is 2. The molecule has 3 nitrogen and oxygen atoms in total. The first-order chi connectivity index (χ1) is 9.78. The molecule has 2 fully saturated rings. The van der Waals surface area contributed by atoms with Gasteiger partial charge in [-0.15, -0.1) is 0 Å². The molecule has 1 aromatic rings. The Morgan fingerprint density at radius 1 is 1.30 bits per heavy atom. The number of piperidine rings is 1. The van der Waals surface area contributed by atoms with Crippen LogP contribution in [-0.2, 0) is 0 Å². The molecule has 0 bridgehead atoms. The lowest BCUT2D eigenvalue weighted by molar-refractivity contribution is 0.398. The monoisotopic (exact) mass is 273 g/mol. The Morgan fingerprint density at radius 3 is 2.80 bits per heavy atom. The van der Waals surface area contributed by atoms with Crippen LogP contribution < -0.4 is 10.2 Å². The van der Waals surface area contributed by atoms with Crippen molar-refractivity contribution in [2.75, 3.05) is 18.0 Å². The normalized spacial score (nSPS) is 22.3. The van der Waals surface area contributed by atoms with Crippen LogP contribution in [0.1, 0.15) is 37.7 Å². The van der Waals surface area contributed by atoms with Crippen molar-refractivity contribution < 1.29 is 4.39 Å². The lowest BCUT2D eigenvalue weighted by Crippen LogP contribution is -2.44. The second-order valence-corrected chi connectivity index (χ2v) is 5.80. The lowest BCUT2D eigenvalue weighted by Gasteiger charge is -2.32. The van der Waals surface area contributed by atoms with Gasteiger partial charge in [0.15, 0.2) is 0 Å². The highest BCUT2D eigenvalue weighted by molar-refractivity contribution is 5.60. The molecule has 1 saturated heterocycles. The van der Waals surface area contributed by atoms with Crippen molar-refractivity contribution in [2.24, 2.45) is 0 Å². The molecule has 1 saturated carbocycles. The average Bonchev–Trinajstić information content (AvgIpc) is 3.31. The number of halogens is 1. The molecular weight excluding hydrogens is 253 g/mol. The first-order valence-electron chi connectivity index (χ1n) is 7.47. The van der Waals surface area contributed by atoms with Crippen LogP contribution in [0.15, 0.2) is 18.2 Å². The van der Waals surface area contributed by atoms with Crippen LogP contribution in [0.3, 0.4) is 0 Å². The van der Waals surface area contributed by atoms with Crippen LogP contribution in [0.2, 0.25) is 0 Å². The van der Waals surface area contributed by atoms with Crippen molar-refractivity contribution in [1.82, 2.24) is 5.32 Å². The number of hydrogen-bond acceptors (Lipinski definition) is 3. The van der Waals surface area contributed by atoms with Gasteiger partial charge < -0.3 is 10.2 Å². The Kier molecular flexibility index (Phi) is 3.88. The molecule has 20 heavy (non-hydrogen) atoms. The van der Waals surface area contributed by atoms with Crippen LogP contribution in [0, 0.1) is 17.1 Å². The van der Waals surface area contributed by atoms with Crippen LogP contribution >= 0.6 is 0 Å². The minimum atomic E-state index is -0.336. The van der Waals surface area contributed by atoms with E-state index in [4.69, 9.17) is 0 Å². The summed E-state index contributed by atoms with van der Waals surface area (Å²) in [5.41, 5.74) is 1.34. The van der Waals surface area contributed by atoms with Crippen molar-refractivity contribution >= 4 is 5.69 Å². The Hall–Kier alpha value is -1.60. The van der Waals surface area contributed by atoms with Gasteiger partial charge in [0, 0.05) is 18.6 Å². The summed E-state index contributed by atoms with van der Waals surface area (Å²) in [6, 6.07) is 7.71. The van der Waals surface area contributed by atoms with E-state index in [0.29, 0.717) is 17.6 Å². The Bertz CT molecular complexity index is 513. The van der Waals surface area contributed by atoms with Crippen molar-refractivity contribution in [3.63, 3.8) is 0 Å². The van der Waals surface area contributed by atoms with Crippen LogP contribution in [0.5, 0.6) is 0 Å². The standard InChI is InChI=1S/C16H20FN3/c17-13-4-7-16(12(9-13)10-18)20(15-5-6-15)11-14-3-1-2-8-19-14/h4,7,9,14-15,19H,1-3,5-6,8,11H2. The highest BCUT2D eigenvalue weighted by Crippen LogP contribution is 2.34. The summed E-state index contributed by atoms with van der Waals surface area (Å²) in [7, 11) is 0. The molecule has 0 radical (unpaired) electrons. The quantitative estimate of drug-likeness (QED) is 0.917. The molecule has 1 aliphatic heterocycles. The Labute approximate surface area is 119 Å². The minimum Gasteiger partial charge on any atom is -0.366 e. The maximum atomic E-state index is 13.3. The van der Waals surface area contributed by atoms with E-state index in [9.17, 15) is 9.65 Å². The molecule has 1 aliphatic carbocycles. The molecule has 4 heteroatoms. The second-order valence-electron chi connectivity index (χ2n) is 5.80. The first kappa shape index (κ1) is 13.4. The maximum absolute atomic E-state index is 13.3. The van der Waals surface area contributed by atoms with Gasteiger partial charge in [-0.1, -0.05) is 6.42 Å². The number of nitriles is 1. The van der Waals surface area contributed by atoms with E-state index in [1.807, 2.05) is 0 Å². The average molecular weight is 273 g/mol. The molecule has 2 aliphatic rings. The molecule has 1 atom stereocenters. The van der Waals surface area contributed by atoms with E-state index in [2.05, 4.69) is 16.3 Å². The molecule has 0 spiro atoms. The third-order valence-corrected chi connectivity index (χ3v) is 4.21. The molecule has 106 valence electrons. The van der Waals surface area contributed by atoms with Gasteiger partial charge in [0.1, 0.15) is 11.9 Å². The highest BCUT2D eigenvalue weighted by atomic mass is 19.1. The van der Waals surface area contributed by atoms with Crippen molar-refractivity contribution in [3.05, 3.63) is 29.6 Å². The Balaban J connectivity index is 1.81. The molecule has 1 aromatic carbocycles. The summed E-state index contributed by atoms with van der Waals surface area (Å²) in [5, 5.41) is 12.8.